The van der Waals surface area contributed by atoms with Gasteiger partial charge in [0.15, 0.2) is 0 Å². The SMILES string of the molecule is CNc1ccc(Cc2cc3ccccc3o2)cc1C(C)C(C)C. The number of benzene rings is 2. The molecule has 0 fully saturated rings. The van der Waals surface area contributed by atoms with E-state index in [1.807, 2.05) is 25.2 Å². The first-order chi connectivity index (χ1) is 11.1. The average Bonchev–Trinajstić information content (AvgIpc) is 2.96. The molecule has 0 aliphatic heterocycles. The molecule has 2 heteroatoms. The van der Waals surface area contributed by atoms with Crippen LogP contribution in [-0.4, -0.2) is 7.05 Å². The summed E-state index contributed by atoms with van der Waals surface area (Å²) in [5.41, 5.74) is 4.87. The van der Waals surface area contributed by atoms with Crippen molar-refractivity contribution in [2.75, 3.05) is 12.4 Å². The van der Waals surface area contributed by atoms with E-state index in [0.29, 0.717) is 11.8 Å². The average molecular weight is 307 g/mol. The van der Waals surface area contributed by atoms with E-state index in [-0.39, 0.29) is 0 Å². The number of rotatable bonds is 5. The Labute approximate surface area is 138 Å². The van der Waals surface area contributed by atoms with Gasteiger partial charge >= 0.3 is 0 Å². The molecule has 1 N–H and O–H groups in total. The summed E-state index contributed by atoms with van der Waals surface area (Å²) in [6.07, 6.45) is 0.830. The molecule has 120 valence electrons. The highest BCUT2D eigenvalue weighted by Crippen LogP contribution is 2.31. The van der Waals surface area contributed by atoms with Gasteiger partial charge in [0, 0.05) is 24.5 Å². The Morgan fingerprint density at radius 3 is 2.48 bits per heavy atom. The van der Waals surface area contributed by atoms with Gasteiger partial charge in [0.25, 0.3) is 0 Å². The van der Waals surface area contributed by atoms with Gasteiger partial charge in [0.1, 0.15) is 11.3 Å². The molecule has 3 rings (SSSR count). The topological polar surface area (TPSA) is 25.2 Å². The third-order valence-corrected chi connectivity index (χ3v) is 4.73. The van der Waals surface area contributed by atoms with E-state index in [2.05, 4.69) is 56.4 Å². The third kappa shape index (κ3) is 3.26. The molecule has 0 aliphatic rings. The van der Waals surface area contributed by atoms with Gasteiger partial charge in [-0.2, -0.15) is 0 Å². The van der Waals surface area contributed by atoms with Gasteiger partial charge in [0.05, 0.1) is 0 Å². The normalized spacial score (nSPS) is 12.7. The van der Waals surface area contributed by atoms with E-state index < -0.39 is 0 Å². The minimum Gasteiger partial charge on any atom is -0.461 e. The van der Waals surface area contributed by atoms with Gasteiger partial charge in [-0.1, -0.05) is 51.1 Å². The molecule has 0 bridgehead atoms. The van der Waals surface area contributed by atoms with Crippen LogP contribution in [0.25, 0.3) is 11.0 Å². The van der Waals surface area contributed by atoms with Crippen LogP contribution in [0.3, 0.4) is 0 Å². The van der Waals surface area contributed by atoms with Crippen LogP contribution in [0.2, 0.25) is 0 Å². The number of furan rings is 1. The van der Waals surface area contributed by atoms with Crippen molar-refractivity contribution in [1.82, 2.24) is 0 Å². The lowest BCUT2D eigenvalue weighted by molar-refractivity contribution is 0.535. The summed E-state index contributed by atoms with van der Waals surface area (Å²) in [4.78, 5) is 0. The van der Waals surface area contributed by atoms with Crippen LogP contribution >= 0.6 is 0 Å². The number of hydrogen-bond acceptors (Lipinski definition) is 2. The third-order valence-electron chi connectivity index (χ3n) is 4.73. The second-order valence-corrected chi connectivity index (χ2v) is 6.63. The number of fused-ring (bicyclic) bond motifs is 1. The lowest BCUT2D eigenvalue weighted by Crippen LogP contribution is -2.06. The van der Waals surface area contributed by atoms with Crippen molar-refractivity contribution < 1.29 is 4.42 Å². The Bertz CT molecular complexity index is 767. The highest BCUT2D eigenvalue weighted by molar-refractivity contribution is 5.77. The van der Waals surface area contributed by atoms with Crippen molar-refractivity contribution >= 4 is 16.7 Å². The molecule has 0 aliphatic carbocycles. The monoisotopic (exact) mass is 307 g/mol. The van der Waals surface area contributed by atoms with Crippen LogP contribution in [0.1, 0.15) is 43.6 Å². The van der Waals surface area contributed by atoms with Gasteiger partial charge in [0.2, 0.25) is 0 Å². The van der Waals surface area contributed by atoms with Crippen molar-refractivity contribution in [2.45, 2.75) is 33.1 Å². The molecule has 0 amide bonds. The minimum absolute atomic E-state index is 0.521. The summed E-state index contributed by atoms with van der Waals surface area (Å²) in [5, 5.41) is 4.49. The lowest BCUT2D eigenvalue weighted by Gasteiger charge is -2.20. The maximum atomic E-state index is 5.96. The first-order valence-corrected chi connectivity index (χ1v) is 8.36. The molecule has 2 aromatic carbocycles. The Kier molecular flexibility index (Phi) is 4.42. The van der Waals surface area contributed by atoms with Crippen LogP contribution in [-0.2, 0) is 6.42 Å². The van der Waals surface area contributed by atoms with E-state index in [1.54, 1.807) is 0 Å². The molecule has 1 unspecified atom stereocenters. The molecule has 1 aromatic heterocycles. The first kappa shape index (κ1) is 15.7. The second kappa shape index (κ2) is 6.49. The van der Waals surface area contributed by atoms with E-state index in [0.717, 1.165) is 17.8 Å². The van der Waals surface area contributed by atoms with Crippen molar-refractivity contribution in [2.24, 2.45) is 5.92 Å². The predicted octanol–water partition coefficient (Wildman–Crippen LogP) is 5.82. The molecule has 0 radical (unpaired) electrons. The van der Waals surface area contributed by atoms with E-state index in [4.69, 9.17) is 4.42 Å². The lowest BCUT2D eigenvalue weighted by atomic mass is 9.87. The summed E-state index contributed by atoms with van der Waals surface area (Å²) in [6.45, 7) is 6.85. The highest BCUT2D eigenvalue weighted by atomic mass is 16.3. The fraction of sp³-hybridized carbons (Fsp3) is 0.333. The predicted molar refractivity (Wildman–Crippen MR) is 98.3 cm³/mol. The zero-order valence-corrected chi connectivity index (χ0v) is 14.4. The Morgan fingerprint density at radius 2 is 1.78 bits per heavy atom. The molecular weight excluding hydrogens is 282 g/mol. The second-order valence-electron chi connectivity index (χ2n) is 6.63. The highest BCUT2D eigenvalue weighted by Gasteiger charge is 2.15. The van der Waals surface area contributed by atoms with Crippen LogP contribution in [0.5, 0.6) is 0 Å². The molecule has 1 heterocycles. The van der Waals surface area contributed by atoms with Crippen molar-refractivity contribution in [3.05, 3.63) is 65.4 Å². The number of nitrogens with one attached hydrogen (secondary N) is 1. The van der Waals surface area contributed by atoms with Crippen LogP contribution < -0.4 is 5.32 Å². The first-order valence-electron chi connectivity index (χ1n) is 8.36. The van der Waals surface area contributed by atoms with Crippen LogP contribution in [0.4, 0.5) is 5.69 Å². The van der Waals surface area contributed by atoms with E-state index in [9.17, 15) is 0 Å². The molecule has 0 spiro atoms. The van der Waals surface area contributed by atoms with Gasteiger partial charge in [-0.25, -0.2) is 0 Å². The summed E-state index contributed by atoms with van der Waals surface area (Å²) in [6, 6.07) is 17.0. The zero-order chi connectivity index (χ0) is 16.4. The molecule has 0 saturated heterocycles. The van der Waals surface area contributed by atoms with Gasteiger partial charge in [-0.3, -0.25) is 0 Å². The zero-order valence-electron chi connectivity index (χ0n) is 14.4. The molecular formula is C21H25NO. The fourth-order valence-corrected chi connectivity index (χ4v) is 3.01. The van der Waals surface area contributed by atoms with Crippen molar-refractivity contribution in [3.8, 4) is 0 Å². The molecule has 23 heavy (non-hydrogen) atoms. The number of hydrogen-bond donors (Lipinski definition) is 1. The fourth-order valence-electron chi connectivity index (χ4n) is 3.01. The summed E-state index contributed by atoms with van der Waals surface area (Å²) >= 11 is 0. The summed E-state index contributed by atoms with van der Waals surface area (Å²) in [7, 11) is 1.99. The molecule has 0 saturated carbocycles. The minimum atomic E-state index is 0.521. The molecule has 1 atom stereocenters. The molecule has 3 aromatic rings. The van der Waals surface area contributed by atoms with Crippen LogP contribution in [0.15, 0.2) is 52.9 Å². The van der Waals surface area contributed by atoms with E-state index >= 15 is 0 Å². The van der Waals surface area contributed by atoms with Gasteiger partial charge in [-0.15, -0.1) is 0 Å². The number of para-hydroxylation sites is 1. The Morgan fingerprint density at radius 1 is 1.00 bits per heavy atom. The summed E-state index contributed by atoms with van der Waals surface area (Å²) < 4.78 is 5.96. The maximum Gasteiger partial charge on any atom is 0.134 e. The van der Waals surface area contributed by atoms with Crippen molar-refractivity contribution in [1.29, 1.82) is 0 Å². The number of anilines is 1. The maximum absolute atomic E-state index is 5.96. The quantitative estimate of drug-likeness (QED) is 0.642. The largest absolute Gasteiger partial charge is 0.461 e. The van der Waals surface area contributed by atoms with Gasteiger partial charge in [-0.05, 0) is 41.2 Å². The van der Waals surface area contributed by atoms with Crippen molar-refractivity contribution in [3.63, 3.8) is 0 Å². The smallest absolute Gasteiger partial charge is 0.134 e. The Balaban J connectivity index is 1.92. The van der Waals surface area contributed by atoms with Crippen LogP contribution in [0, 0.1) is 5.92 Å². The summed E-state index contributed by atoms with van der Waals surface area (Å²) in [5.74, 6) is 2.16. The molecule has 2 nitrogen and oxygen atoms in total. The van der Waals surface area contributed by atoms with Gasteiger partial charge < -0.3 is 9.73 Å². The van der Waals surface area contributed by atoms with E-state index in [1.165, 1.54) is 22.2 Å². The standard InChI is InChI=1S/C21H25NO/c1-14(2)15(3)19-12-16(9-10-20(19)22-4)11-18-13-17-7-5-6-8-21(17)23-18/h5-10,12-15,22H,11H2,1-4H3. The Hall–Kier alpha value is -2.22.